The van der Waals surface area contributed by atoms with Gasteiger partial charge in [-0.2, -0.15) is 5.10 Å². The molecule has 3 heterocycles. The second-order valence-corrected chi connectivity index (χ2v) is 6.46. The molecule has 2 aromatic heterocycles. The van der Waals surface area contributed by atoms with Gasteiger partial charge in [0.2, 0.25) is 0 Å². The Hall–Kier alpha value is -2.89. The number of rotatable bonds is 3. The molecular formula is C19H21N5O. The molecular weight excluding hydrogens is 314 g/mol. The Kier molecular flexibility index (Phi) is 4.09. The van der Waals surface area contributed by atoms with Crippen molar-refractivity contribution in [1.29, 1.82) is 0 Å². The first-order valence-corrected chi connectivity index (χ1v) is 8.64. The molecule has 3 aromatic rings. The van der Waals surface area contributed by atoms with E-state index in [1.165, 1.54) is 24.9 Å². The van der Waals surface area contributed by atoms with Crippen molar-refractivity contribution in [1.82, 2.24) is 14.8 Å². The highest BCUT2D eigenvalue weighted by Crippen LogP contribution is 2.33. The summed E-state index contributed by atoms with van der Waals surface area (Å²) in [5, 5.41) is 9.13. The fraction of sp³-hybridized carbons (Fsp3) is 0.316. The van der Waals surface area contributed by atoms with Crippen LogP contribution in [0.1, 0.15) is 29.6 Å². The lowest BCUT2D eigenvalue weighted by Crippen LogP contribution is -2.29. The summed E-state index contributed by atoms with van der Waals surface area (Å²) in [6.45, 7) is 2.16. The van der Waals surface area contributed by atoms with Gasteiger partial charge in [-0.15, -0.1) is 0 Å². The third-order valence-corrected chi connectivity index (χ3v) is 4.71. The van der Waals surface area contributed by atoms with Crippen LogP contribution < -0.4 is 10.2 Å². The van der Waals surface area contributed by atoms with E-state index in [0.717, 1.165) is 29.5 Å². The molecule has 1 aliphatic rings. The fourth-order valence-electron chi connectivity index (χ4n) is 3.43. The fourth-order valence-corrected chi connectivity index (χ4v) is 3.43. The molecule has 1 aromatic carbocycles. The van der Waals surface area contributed by atoms with Crippen molar-refractivity contribution in [3.63, 3.8) is 0 Å². The predicted octanol–water partition coefficient (Wildman–Crippen LogP) is 3.21. The van der Waals surface area contributed by atoms with Crippen LogP contribution in [0.4, 0.5) is 11.4 Å². The van der Waals surface area contributed by atoms with Crippen LogP contribution in [0.3, 0.4) is 0 Å². The second kappa shape index (κ2) is 6.55. The van der Waals surface area contributed by atoms with Gasteiger partial charge >= 0.3 is 0 Å². The van der Waals surface area contributed by atoms with Crippen molar-refractivity contribution in [2.24, 2.45) is 7.05 Å². The van der Waals surface area contributed by atoms with Crippen molar-refractivity contribution in [2.45, 2.75) is 19.3 Å². The molecule has 25 heavy (non-hydrogen) atoms. The second-order valence-electron chi connectivity index (χ2n) is 6.46. The zero-order chi connectivity index (χ0) is 17.2. The lowest BCUT2D eigenvalue weighted by molar-refractivity contribution is 0.102. The summed E-state index contributed by atoms with van der Waals surface area (Å²) >= 11 is 0. The van der Waals surface area contributed by atoms with Crippen LogP contribution in [0.5, 0.6) is 0 Å². The summed E-state index contributed by atoms with van der Waals surface area (Å²) in [6, 6.07) is 6.10. The Labute approximate surface area is 146 Å². The minimum absolute atomic E-state index is 0.163. The van der Waals surface area contributed by atoms with Gasteiger partial charge in [0.25, 0.3) is 5.91 Å². The van der Waals surface area contributed by atoms with Crippen LogP contribution in [0.15, 0.2) is 43.0 Å². The number of anilines is 2. The van der Waals surface area contributed by atoms with Gasteiger partial charge in [0.15, 0.2) is 0 Å². The third kappa shape index (κ3) is 3.07. The highest BCUT2D eigenvalue weighted by molar-refractivity contribution is 6.10. The average molecular weight is 335 g/mol. The number of fused-ring (bicyclic) bond motifs is 1. The summed E-state index contributed by atoms with van der Waals surface area (Å²) in [7, 11) is 1.80. The quantitative estimate of drug-likeness (QED) is 0.798. The molecule has 0 bridgehead atoms. The van der Waals surface area contributed by atoms with E-state index in [4.69, 9.17) is 0 Å². The first kappa shape index (κ1) is 15.6. The number of pyridine rings is 1. The van der Waals surface area contributed by atoms with Gasteiger partial charge in [0, 0.05) is 55.2 Å². The Morgan fingerprint density at radius 1 is 1.08 bits per heavy atom. The monoisotopic (exact) mass is 335 g/mol. The number of nitrogens with one attached hydrogen (secondary N) is 1. The van der Waals surface area contributed by atoms with E-state index in [1.807, 2.05) is 24.5 Å². The molecule has 1 aliphatic heterocycles. The van der Waals surface area contributed by atoms with E-state index in [-0.39, 0.29) is 5.91 Å². The molecule has 0 saturated carbocycles. The van der Waals surface area contributed by atoms with E-state index in [0.29, 0.717) is 5.56 Å². The maximum atomic E-state index is 12.5. The number of hydrogen-bond donors (Lipinski definition) is 1. The number of hydrogen-bond acceptors (Lipinski definition) is 4. The number of amides is 1. The first-order valence-electron chi connectivity index (χ1n) is 8.64. The Bertz CT molecular complexity index is 911. The Morgan fingerprint density at radius 3 is 2.68 bits per heavy atom. The standard InChI is InChI=1S/C19H21N5O/c1-23-13-14(11-21-23)19(25)22-17-5-6-18(24-9-3-2-4-10-24)15-7-8-20-12-16(15)17/h5-8,11-13H,2-4,9-10H2,1H3,(H,22,25). The predicted molar refractivity (Wildman–Crippen MR) is 99.0 cm³/mol. The molecule has 1 saturated heterocycles. The molecule has 1 N–H and O–H groups in total. The third-order valence-electron chi connectivity index (χ3n) is 4.71. The van der Waals surface area contributed by atoms with E-state index in [2.05, 4.69) is 26.4 Å². The maximum Gasteiger partial charge on any atom is 0.258 e. The number of nitrogens with zero attached hydrogens (tertiary/aromatic N) is 4. The lowest BCUT2D eigenvalue weighted by atomic mass is 10.0. The Morgan fingerprint density at radius 2 is 1.92 bits per heavy atom. The molecule has 0 spiro atoms. The molecule has 0 unspecified atom stereocenters. The molecule has 0 atom stereocenters. The highest BCUT2D eigenvalue weighted by atomic mass is 16.1. The number of aromatic nitrogens is 3. The summed E-state index contributed by atoms with van der Waals surface area (Å²) in [5.41, 5.74) is 2.54. The normalized spacial score (nSPS) is 14.7. The summed E-state index contributed by atoms with van der Waals surface area (Å²) in [6.07, 6.45) is 10.7. The molecule has 0 aliphatic carbocycles. The number of piperidine rings is 1. The van der Waals surface area contributed by atoms with E-state index in [1.54, 1.807) is 24.1 Å². The molecule has 4 rings (SSSR count). The first-order chi connectivity index (χ1) is 12.2. The van der Waals surface area contributed by atoms with Crippen LogP contribution in [0, 0.1) is 0 Å². The number of carbonyl (C=O) groups is 1. The van der Waals surface area contributed by atoms with Gasteiger partial charge < -0.3 is 10.2 Å². The SMILES string of the molecule is Cn1cc(C(=O)Nc2ccc(N3CCCCC3)c3ccncc23)cn1. The van der Waals surface area contributed by atoms with Crippen molar-refractivity contribution in [2.75, 3.05) is 23.3 Å². The van der Waals surface area contributed by atoms with Gasteiger partial charge in [-0.05, 0) is 37.5 Å². The lowest BCUT2D eigenvalue weighted by Gasteiger charge is -2.30. The molecule has 6 heteroatoms. The molecule has 128 valence electrons. The Balaban J connectivity index is 1.69. The molecule has 1 amide bonds. The van der Waals surface area contributed by atoms with Gasteiger partial charge in [-0.25, -0.2) is 0 Å². The van der Waals surface area contributed by atoms with Gasteiger partial charge in [0.1, 0.15) is 0 Å². The molecule has 1 fully saturated rings. The van der Waals surface area contributed by atoms with Gasteiger partial charge in [-0.1, -0.05) is 0 Å². The zero-order valence-electron chi connectivity index (χ0n) is 14.3. The van der Waals surface area contributed by atoms with Crippen molar-refractivity contribution in [3.05, 3.63) is 48.5 Å². The van der Waals surface area contributed by atoms with Crippen LogP contribution in [-0.4, -0.2) is 33.8 Å². The van der Waals surface area contributed by atoms with Crippen LogP contribution in [-0.2, 0) is 7.05 Å². The molecule has 6 nitrogen and oxygen atoms in total. The summed E-state index contributed by atoms with van der Waals surface area (Å²) in [4.78, 5) is 19.1. The van der Waals surface area contributed by atoms with Crippen LogP contribution >= 0.6 is 0 Å². The minimum atomic E-state index is -0.163. The molecule has 0 radical (unpaired) electrons. The van der Waals surface area contributed by atoms with Crippen molar-refractivity contribution in [3.8, 4) is 0 Å². The average Bonchev–Trinajstić information content (AvgIpc) is 3.09. The van der Waals surface area contributed by atoms with Gasteiger partial charge in [0.05, 0.1) is 17.4 Å². The van der Waals surface area contributed by atoms with E-state index < -0.39 is 0 Å². The van der Waals surface area contributed by atoms with Crippen molar-refractivity contribution < 1.29 is 4.79 Å². The summed E-state index contributed by atoms with van der Waals surface area (Å²) in [5.74, 6) is -0.163. The van der Waals surface area contributed by atoms with E-state index in [9.17, 15) is 4.79 Å². The highest BCUT2D eigenvalue weighted by Gasteiger charge is 2.16. The number of benzene rings is 1. The largest absolute Gasteiger partial charge is 0.371 e. The topological polar surface area (TPSA) is 63.1 Å². The van der Waals surface area contributed by atoms with Gasteiger partial charge in [-0.3, -0.25) is 14.5 Å². The number of aryl methyl sites for hydroxylation is 1. The van der Waals surface area contributed by atoms with Crippen molar-refractivity contribution >= 4 is 28.1 Å². The van der Waals surface area contributed by atoms with E-state index >= 15 is 0 Å². The zero-order valence-corrected chi connectivity index (χ0v) is 14.3. The smallest absolute Gasteiger partial charge is 0.258 e. The van der Waals surface area contributed by atoms with Crippen LogP contribution in [0.2, 0.25) is 0 Å². The summed E-state index contributed by atoms with van der Waals surface area (Å²) < 4.78 is 1.62. The number of carbonyl (C=O) groups excluding carboxylic acids is 1. The van der Waals surface area contributed by atoms with Crippen LogP contribution in [0.25, 0.3) is 10.8 Å². The maximum absolute atomic E-state index is 12.5. The minimum Gasteiger partial charge on any atom is -0.371 e.